The van der Waals surface area contributed by atoms with Gasteiger partial charge in [-0.3, -0.25) is 15.1 Å². The summed E-state index contributed by atoms with van der Waals surface area (Å²) in [5, 5.41) is 15.9. The molecule has 0 spiro atoms. The fourth-order valence-corrected chi connectivity index (χ4v) is 2.84. The number of non-ortho nitro benzene ring substituents is 1. The van der Waals surface area contributed by atoms with Crippen LogP contribution in [0.3, 0.4) is 0 Å². The van der Waals surface area contributed by atoms with Gasteiger partial charge in [0.1, 0.15) is 0 Å². The van der Waals surface area contributed by atoms with Crippen molar-refractivity contribution in [1.29, 1.82) is 0 Å². The van der Waals surface area contributed by atoms with Gasteiger partial charge in [0.05, 0.1) is 10.3 Å². The number of nitro groups is 1. The lowest BCUT2D eigenvalue weighted by Crippen LogP contribution is -2.25. The highest BCUT2D eigenvalue weighted by Gasteiger charge is 2.15. The van der Waals surface area contributed by atoms with E-state index in [-0.39, 0.29) is 10.6 Å². The van der Waals surface area contributed by atoms with Crippen LogP contribution in [-0.2, 0) is 0 Å². The maximum Gasteiger partial charge on any atom is 0.277 e. The Morgan fingerprint density at radius 1 is 1.24 bits per heavy atom. The summed E-state index contributed by atoms with van der Waals surface area (Å²) in [4.78, 5) is 17.2. The smallest absolute Gasteiger partial charge is 0.277 e. The molecule has 110 valence electrons. The number of rotatable bonds is 5. The summed E-state index contributed by atoms with van der Waals surface area (Å²) >= 11 is 0. The number of nitrogens with zero attached hydrogens (tertiary/aromatic N) is 3. The number of anilines is 1. The number of aromatic nitrogens is 1. The van der Waals surface area contributed by atoms with Crippen LogP contribution in [0.15, 0.2) is 30.6 Å². The number of benzene rings is 1. The first-order valence-corrected chi connectivity index (χ1v) is 7.23. The van der Waals surface area contributed by atoms with Crippen LogP contribution < -0.4 is 5.32 Å². The molecule has 0 bridgehead atoms. The van der Waals surface area contributed by atoms with Gasteiger partial charge in [0, 0.05) is 42.6 Å². The van der Waals surface area contributed by atoms with E-state index in [1.807, 2.05) is 0 Å². The third kappa shape index (κ3) is 2.95. The van der Waals surface area contributed by atoms with Crippen LogP contribution >= 0.6 is 0 Å². The fourth-order valence-electron chi connectivity index (χ4n) is 2.84. The topological polar surface area (TPSA) is 71.3 Å². The largest absolute Gasteiger partial charge is 0.383 e. The van der Waals surface area contributed by atoms with E-state index in [2.05, 4.69) is 15.2 Å². The molecule has 3 rings (SSSR count). The van der Waals surface area contributed by atoms with Crippen molar-refractivity contribution in [3.63, 3.8) is 0 Å². The average Bonchev–Trinajstić information content (AvgIpc) is 3.00. The lowest BCUT2D eigenvalue weighted by Gasteiger charge is -2.16. The van der Waals surface area contributed by atoms with Crippen molar-refractivity contribution in [2.24, 2.45) is 0 Å². The van der Waals surface area contributed by atoms with Crippen molar-refractivity contribution in [2.45, 2.75) is 12.8 Å². The van der Waals surface area contributed by atoms with Crippen molar-refractivity contribution in [1.82, 2.24) is 9.88 Å². The second-order valence-corrected chi connectivity index (χ2v) is 5.29. The van der Waals surface area contributed by atoms with Gasteiger partial charge in [-0.2, -0.15) is 0 Å². The summed E-state index contributed by atoms with van der Waals surface area (Å²) in [6.45, 7) is 4.18. The summed E-state index contributed by atoms with van der Waals surface area (Å²) < 4.78 is 0. The standard InChI is InChI=1S/C15H18N4O2/c20-19(21)15-4-3-14(13-11-16-6-5-12(13)15)17-7-10-18-8-1-2-9-18/h3-6,11,17H,1-2,7-10H2. The third-order valence-corrected chi connectivity index (χ3v) is 3.93. The van der Waals surface area contributed by atoms with Crippen molar-refractivity contribution >= 4 is 22.1 Å². The molecule has 1 fully saturated rings. The predicted molar refractivity (Wildman–Crippen MR) is 82.6 cm³/mol. The average molecular weight is 286 g/mol. The van der Waals surface area contributed by atoms with E-state index < -0.39 is 0 Å². The molecular weight excluding hydrogens is 268 g/mol. The van der Waals surface area contributed by atoms with E-state index in [4.69, 9.17) is 0 Å². The molecule has 6 nitrogen and oxygen atoms in total. The Morgan fingerprint density at radius 3 is 2.81 bits per heavy atom. The van der Waals surface area contributed by atoms with E-state index in [9.17, 15) is 10.1 Å². The normalized spacial score (nSPS) is 15.4. The summed E-state index contributed by atoms with van der Waals surface area (Å²) in [5.74, 6) is 0. The number of likely N-dealkylation sites (tertiary alicyclic amines) is 1. The lowest BCUT2D eigenvalue weighted by atomic mass is 10.1. The van der Waals surface area contributed by atoms with Crippen LogP contribution in [0.25, 0.3) is 10.8 Å². The van der Waals surface area contributed by atoms with Gasteiger partial charge in [0.2, 0.25) is 0 Å². The van der Waals surface area contributed by atoms with Gasteiger partial charge in [-0.25, -0.2) is 0 Å². The molecule has 0 atom stereocenters. The SMILES string of the molecule is O=[N+]([O-])c1ccc(NCCN2CCCC2)c2cnccc12. The van der Waals surface area contributed by atoms with Crippen molar-refractivity contribution in [2.75, 3.05) is 31.5 Å². The third-order valence-electron chi connectivity index (χ3n) is 3.93. The van der Waals surface area contributed by atoms with Gasteiger partial charge in [0.25, 0.3) is 5.69 Å². The van der Waals surface area contributed by atoms with E-state index in [0.717, 1.165) is 24.2 Å². The van der Waals surface area contributed by atoms with Gasteiger partial charge < -0.3 is 10.2 Å². The molecule has 1 saturated heterocycles. The van der Waals surface area contributed by atoms with Crippen molar-refractivity contribution in [3.8, 4) is 0 Å². The molecule has 1 aliphatic rings. The summed E-state index contributed by atoms with van der Waals surface area (Å²) in [7, 11) is 0. The van der Waals surface area contributed by atoms with Gasteiger partial charge in [-0.1, -0.05) is 0 Å². The molecule has 1 N–H and O–H groups in total. The second-order valence-electron chi connectivity index (χ2n) is 5.29. The molecule has 0 saturated carbocycles. The van der Waals surface area contributed by atoms with E-state index in [1.54, 1.807) is 30.6 Å². The summed E-state index contributed by atoms with van der Waals surface area (Å²) in [6.07, 6.45) is 5.83. The second kappa shape index (κ2) is 6.05. The maximum absolute atomic E-state index is 11.1. The van der Waals surface area contributed by atoms with Crippen molar-refractivity contribution in [3.05, 3.63) is 40.7 Å². The van der Waals surface area contributed by atoms with Crippen LogP contribution in [0.4, 0.5) is 11.4 Å². The minimum absolute atomic E-state index is 0.123. The summed E-state index contributed by atoms with van der Waals surface area (Å²) in [5.41, 5.74) is 1.03. The number of fused-ring (bicyclic) bond motifs is 1. The Kier molecular flexibility index (Phi) is 3.96. The molecule has 6 heteroatoms. The molecule has 1 aromatic carbocycles. The number of nitro benzene ring substituents is 1. The first-order chi connectivity index (χ1) is 10.3. The van der Waals surface area contributed by atoms with E-state index in [0.29, 0.717) is 5.39 Å². The predicted octanol–water partition coefficient (Wildman–Crippen LogP) is 2.65. The zero-order valence-corrected chi connectivity index (χ0v) is 11.8. The maximum atomic E-state index is 11.1. The molecule has 0 radical (unpaired) electrons. The lowest BCUT2D eigenvalue weighted by molar-refractivity contribution is -0.383. The molecular formula is C15H18N4O2. The minimum atomic E-state index is -0.351. The highest BCUT2D eigenvalue weighted by molar-refractivity contribution is 5.99. The first kappa shape index (κ1) is 13.8. The molecule has 0 amide bonds. The molecule has 2 aromatic rings. The highest BCUT2D eigenvalue weighted by Crippen LogP contribution is 2.30. The molecule has 1 aromatic heterocycles. The van der Waals surface area contributed by atoms with Gasteiger partial charge >= 0.3 is 0 Å². The van der Waals surface area contributed by atoms with E-state index in [1.165, 1.54) is 25.9 Å². The number of hydrogen-bond donors (Lipinski definition) is 1. The van der Waals surface area contributed by atoms with Crippen molar-refractivity contribution < 1.29 is 4.92 Å². The molecule has 21 heavy (non-hydrogen) atoms. The summed E-state index contributed by atoms with van der Waals surface area (Å²) in [6, 6.07) is 5.02. The molecule has 2 heterocycles. The number of nitrogens with one attached hydrogen (secondary N) is 1. The van der Waals surface area contributed by atoms with Crippen LogP contribution in [0, 0.1) is 10.1 Å². The Balaban J connectivity index is 1.79. The Hall–Kier alpha value is -2.21. The fraction of sp³-hybridized carbons (Fsp3) is 0.400. The van der Waals surface area contributed by atoms with Gasteiger partial charge in [0.15, 0.2) is 0 Å². The molecule has 0 aliphatic carbocycles. The number of hydrogen-bond acceptors (Lipinski definition) is 5. The van der Waals surface area contributed by atoms with Crippen LogP contribution in [0.2, 0.25) is 0 Å². The molecule has 0 unspecified atom stereocenters. The molecule has 1 aliphatic heterocycles. The minimum Gasteiger partial charge on any atom is -0.383 e. The van der Waals surface area contributed by atoms with Crippen LogP contribution in [0.5, 0.6) is 0 Å². The zero-order valence-electron chi connectivity index (χ0n) is 11.8. The monoisotopic (exact) mass is 286 g/mol. The Morgan fingerprint density at radius 2 is 2.05 bits per heavy atom. The van der Waals surface area contributed by atoms with Gasteiger partial charge in [-0.05, 0) is 38.1 Å². The van der Waals surface area contributed by atoms with Gasteiger partial charge in [-0.15, -0.1) is 0 Å². The van der Waals surface area contributed by atoms with E-state index >= 15 is 0 Å². The highest BCUT2D eigenvalue weighted by atomic mass is 16.6. The number of pyridine rings is 1. The quantitative estimate of drug-likeness (QED) is 0.676. The van der Waals surface area contributed by atoms with Crippen LogP contribution in [-0.4, -0.2) is 41.0 Å². The zero-order chi connectivity index (χ0) is 14.7. The van der Waals surface area contributed by atoms with Crippen LogP contribution in [0.1, 0.15) is 12.8 Å². The Bertz CT molecular complexity index is 653. The first-order valence-electron chi connectivity index (χ1n) is 7.23. The Labute approximate surface area is 122 Å².